The maximum atomic E-state index is 12.0. The molecule has 0 aliphatic carbocycles. The Kier molecular flexibility index (Phi) is 5.38. The monoisotopic (exact) mass is 306 g/mol. The van der Waals surface area contributed by atoms with Gasteiger partial charge in [0.25, 0.3) is 0 Å². The van der Waals surface area contributed by atoms with E-state index in [1.54, 1.807) is 0 Å². The van der Waals surface area contributed by atoms with Crippen molar-refractivity contribution in [1.82, 2.24) is 10.6 Å². The van der Waals surface area contributed by atoms with Crippen LogP contribution in [0.1, 0.15) is 25.3 Å². The minimum absolute atomic E-state index is 0.120. The molecule has 1 saturated heterocycles. The Bertz CT molecular complexity index is 520. The number of carboxylic acids is 1. The molecule has 6 heteroatoms. The van der Waals surface area contributed by atoms with E-state index >= 15 is 0 Å². The van der Waals surface area contributed by atoms with Gasteiger partial charge in [0, 0.05) is 6.54 Å². The van der Waals surface area contributed by atoms with Crippen molar-refractivity contribution in [3.63, 3.8) is 0 Å². The Morgan fingerprint density at radius 3 is 2.77 bits per heavy atom. The van der Waals surface area contributed by atoms with Gasteiger partial charge in [-0.1, -0.05) is 37.3 Å². The highest BCUT2D eigenvalue weighted by Gasteiger charge is 2.38. The van der Waals surface area contributed by atoms with Gasteiger partial charge in [0.15, 0.2) is 0 Å². The van der Waals surface area contributed by atoms with Gasteiger partial charge in [-0.3, -0.25) is 4.79 Å². The number of nitrogens with one attached hydrogen (secondary N) is 2. The molecule has 1 aromatic carbocycles. The van der Waals surface area contributed by atoms with E-state index in [2.05, 4.69) is 10.6 Å². The maximum Gasteiger partial charge on any atom is 0.407 e. The summed E-state index contributed by atoms with van der Waals surface area (Å²) in [4.78, 5) is 23.1. The predicted molar refractivity (Wildman–Crippen MR) is 81.4 cm³/mol. The second-order valence-corrected chi connectivity index (χ2v) is 5.98. The van der Waals surface area contributed by atoms with Crippen LogP contribution in [0.25, 0.3) is 0 Å². The van der Waals surface area contributed by atoms with Crippen molar-refractivity contribution in [2.75, 3.05) is 13.1 Å². The number of hydrogen-bond acceptors (Lipinski definition) is 4. The van der Waals surface area contributed by atoms with Crippen LogP contribution in [0.2, 0.25) is 0 Å². The molecule has 1 aromatic rings. The standard InChI is InChI=1S/C16H22N2O4/c1-12-7-16(8-14(19)20,11-17-9-12)18-15(21)22-10-13-5-3-2-4-6-13/h2-6,12,17H,7-11H2,1H3,(H,18,21)(H,19,20). The number of ether oxygens (including phenoxy) is 1. The lowest BCUT2D eigenvalue weighted by atomic mass is 9.82. The third-order valence-electron chi connectivity index (χ3n) is 3.76. The van der Waals surface area contributed by atoms with Crippen LogP contribution in [0.3, 0.4) is 0 Å². The molecule has 2 atom stereocenters. The molecule has 0 radical (unpaired) electrons. The first kappa shape index (κ1) is 16.3. The highest BCUT2D eigenvalue weighted by atomic mass is 16.5. The summed E-state index contributed by atoms with van der Waals surface area (Å²) in [5, 5.41) is 15.1. The minimum atomic E-state index is -0.931. The van der Waals surface area contributed by atoms with Crippen molar-refractivity contribution in [2.45, 2.75) is 31.9 Å². The molecule has 1 heterocycles. The summed E-state index contributed by atoms with van der Waals surface area (Å²) in [6, 6.07) is 9.36. The lowest BCUT2D eigenvalue weighted by Gasteiger charge is -2.39. The third-order valence-corrected chi connectivity index (χ3v) is 3.76. The number of aliphatic carboxylic acids is 1. The summed E-state index contributed by atoms with van der Waals surface area (Å²) in [7, 11) is 0. The van der Waals surface area contributed by atoms with Crippen molar-refractivity contribution in [1.29, 1.82) is 0 Å². The van der Waals surface area contributed by atoms with Gasteiger partial charge in [0.2, 0.25) is 0 Å². The first-order valence-electron chi connectivity index (χ1n) is 7.40. The number of alkyl carbamates (subject to hydrolysis) is 1. The predicted octanol–water partition coefficient (Wildman–Crippen LogP) is 1.76. The molecule has 0 spiro atoms. The zero-order valence-corrected chi connectivity index (χ0v) is 12.7. The second-order valence-electron chi connectivity index (χ2n) is 5.98. The van der Waals surface area contributed by atoms with Crippen LogP contribution in [-0.2, 0) is 16.1 Å². The number of carbonyl (C=O) groups excluding carboxylic acids is 1. The molecule has 0 aromatic heterocycles. The highest BCUT2D eigenvalue weighted by Crippen LogP contribution is 2.24. The minimum Gasteiger partial charge on any atom is -0.481 e. The smallest absolute Gasteiger partial charge is 0.407 e. The number of benzene rings is 1. The molecule has 22 heavy (non-hydrogen) atoms. The van der Waals surface area contributed by atoms with Gasteiger partial charge < -0.3 is 20.5 Å². The Morgan fingerprint density at radius 1 is 1.41 bits per heavy atom. The lowest BCUT2D eigenvalue weighted by Crippen LogP contribution is -2.60. The molecular formula is C16H22N2O4. The number of rotatable bonds is 5. The van der Waals surface area contributed by atoms with Gasteiger partial charge in [-0.05, 0) is 24.4 Å². The quantitative estimate of drug-likeness (QED) is 0.771. The van der Waals surface area contributed by atoms with E-state index in [0.29, 0.717) is 18.9 Å². The Hall–Kier alpha value is -2.08. The number of piperidine rings is 1. The molecule has 1 aliphatic heterocycles. The van der Waals surface area contributed by atoms with Gasteiger partial charge in [-0.2, -0.15) is 0 Å². The van der Waals surface area contributed by atoms with E-state index < -0.39 is 17.6 Å². The summed E-state index contributed by atoms with van der Waals surface area (Å²) in [6.07, 6.45) is -0.0849. The molecule has 1 aliphatic rings. The Balaban J connectivity index is 1.94. The van der Waals surface area contributed by atoms with Crippen molar-refractivity contribution in [3.8, 4) is 0 Å². The van der Waals surface area contributed by atoms with E-state index in [1.165, 1.54) is 0 Å². The van der Waals surface area contributed by atoms with Gasteiger partial charge in [0.05, 0.1) is 12.0 Å². The molecule has 1 amide bonds. The zero-order valence-electron chi connectivity index (χ0n) is 12.7. The number of hydrogen-bond donors (Lipinski definition) is 3. The second kappa shape index (κ2) is 7.26. The topological polar surface area (TPSA) is 87.7 Å². The van der Waals surface area contributed by atoms with Crippen molar-refractivity contribution in [2.24, 2.45) is 5.92 Å². The SMILES string of the molecule is CC1CNCC(CC(=O)O)(NC(=O)OCc2ccccc2)C1. The summed E-state index contributed by atoms with van der Waals surface area (Å²) < 4.78 is 5.20. The fraction of sp³-hybridized carbons (Fsp3) is 0.500. The fourth-order valence-electron chi connectivity index (χ4n) is 2.91. The van der Waals surface area contributed by atoms with Crippen molar-refractivity contribution >= 4 is 12.1 Å². The van der Waals surface area contributed by atoms with Crippen LogP contribution < -0.4 is 10.6 Å². The van der Waals surface area contributed by atoms with Crippen LogP contribution in [0.15, 0.2) is 30.3 Å². The third kappa shape index (κ3) is 4.73. The summed E-state index contributed by atoms with van der Waals surface area (Å²) >= 11 is 0. The van der Waals surface area contributed by atoms with E-state index in [0.717, 1.165) is 12.1 Å². The van der Waals surface area contributed by atoms with Gasteiger partial charge in [0.1, 0.15) is 6.61 Å². The Labute approximate surface area is 129 Å². The highest BCUT2D eigenvalue weighted by molar-refractivity contribution is 5.73. The molecule has 6 nitrogen and oxygen atoms in total. The molecule has 1 fully saturated rings. The summed E-state index contributed by atoms with van der Waals surface area (Å²) in [5.41, 5.74) is 0.0946. The van der Waals surface area contributed by atoms with Crippen molar-refractivity contribution in [3.05, 3.63) is 35.9 Å². The van der Waals surface area contributed by atoms with E-state index in [1.807, 2.05) is 37.3 Å². The Morgan fingerprint density at radius 2 is 2.14 bits per heavy atom. The molecule has 2 unspecified atom stereocenters. The summed E-state index contributed by atoms with van der Waals surface area (Å²) in [5.74, 6) is -0.637. The van der Waals surface area contributed by atoms with Crippen LogP contribution in [0, 0.1) is 5.92 Å². The molecule has 0 saturated carbocycles. The largest absolute Gasteiger partial charge is 0.481 e. The van der Waals surface area contributed by atoms with Gasteiger partial charge in [-0.15, -0.1) is 0 Å². The molecule has 3 N–H and O–H groups in total. The van der Waals surface area contributed by atoms with Crippen LogP contribution in [0.5, 0.6) is 0 Å². The molecule has 0 bridgehead atoms. The average molecular weight is 306 g/mol. The van der Waals surface area contributed by atoms with Crippen LogP contribution in [0.4, 0.5) is 4.79 Å². The zero-order chi connectivity index (χ0) is 16.0. The maximum absolute atomic E-state index is 12.0. The number of amides is 1. The van der Waals surface area contributed by atoms with Gasteiger partial charge in [-0.25, -0.2) is 4.79 Å². The van der Waals surface area contributed by atoms with E-state index in [9.17, 15) is 9.59 Å². The first-order chi connectivity index (χ1) is 10.5. The molecule has 120 valence electrons. The number of carbonyl (C=O) groups is 2. The van der Waals surface area contributed by atoms with E-state index in [4.69, 9.17) is 9.84 Å². The molecular weight excluding hydrogens is 284 g/mol. The summed E-state index contributed by atoms with van der Waals surface area (Å²) in [6.45, 7) is 3.45. The lowest BCUT2D eigenvalue weighted by molar-refractivity contribution is -0.139. The van der Waals surface area contributed by atoms with Crippen molar-refractivity contribution < 1.29 is 19.4 Å². The first-order valence-corrected chi connectivity index (χ1v) is 7.40. The molecule has 2 rings (SSSR count). The fourth-order valence-corrected chi connectivity index (χ4v) is 2.91. The average Bonchev–Trinajstić information content (AvgIpc) is 2.45. The van der Waals surface area contributed by atoms with Gasteiger partial charge >= 0.3 is 12.1 Å². The normalized spacial score (nSPS) is 24.5. The number of carboxylic acid groups (broad SMARTS) is 1. The van der Waals surface area contributed by atoms with Crippen LogP contribution >= 0.6 is 0 Å². The van der Waals surface area contributed by atoms with E-state index in [-0.39, 0.29) is 13.0 Å². The van der Waals surface area contributed by atoms with Crippen LogP contribution in [-0.4, -0.2) is 35.8 Å².